The van der Waals surface area contributed by atoms with E-state index >= 15 is 0 Å². The lowest BCUT2D eigenvalue weighted by atomic mass is 10.1. The number of rotatable bonds is 3. The highest BCUT2D eigenvalue weighted by atomic mass is 35.5. The second kappa shape index (κ2) is 8.65. The van der Waals surface area contributed by atoms with E-state index in [4.69, 9.17) is 28.3 Å². The Balaban J connectivity index is 1.35. The summed E-state index contributed by atoms with van der Waals surface area (Å²) in [7, 11) is 0. The molecule has 0 saturated carbocycles. The minimum Gasteiger partial charge on any atom is -0.336 e. The van der Waals surface area contributed by atoms with Gasteiger partial charge >= 0.3 is 0 Å². The van der Waals surface area contributed by atoms with Crippen molar-refractivity contribution in [3.63, 3.8) is 0 Å². The number of amides is 1. The van der Waals surface area contributed by atoms with Gasteiger partial charge in [0, 0.05) is 43.5 Å². The topological polar surface area (TPSA) is 66.6 Å². The van der Waals surface area contributed by atoms with Crippen LogP contribution in [0.1, 0.15) is 21.5 Å². The molecule has 33 heavy (non-hydrogen) atoms. The molecule has 0 radical (unpaired) electrons. The van der Waals surface area contributed by atoms with E-state index in [2.05, 4.69) is 14.9 Å². The van der Waals surface area contributed by atoms with Gasteiger partial charge in [-0.3, -0.25) is 4.79 Å². The van der Waals surface area contributed by atoms with Crippen molar-refractivity contribution in [2.24, 2.45) is 0 Å². The van der Waals surface area contributed by atoms with E-state index in [9.17, 15) is 4.79 Å². The van der Waals surface area contributed by atoms with Gasteiger partial charge in [0.15, 0.2) is 0 Å². The molecule has 2 aromatic heterocycles. The standard InChI is InChI=1S/C24H22Cl2N6O/c1-15-3-4-18(13-16(15)2)22(33)30-9-11-31(12-10-30)24-28-23-27-8-7-21(32(23)29-24)17-5-6-19(25)20(26)14-17/h3-8,13-14H,9-12H2,1-2H3. The first-order valence-corrected chi connectivity index (χ1v) is 11.4. The van der Waals surface area contributed by atoms with E-state index < -0.39 is 0 Å². The van der Waals surface area contributed by atoms with Crippen LogP contribution in [0.25, 0.3) is 17.0 Å². The first-order valence-electron chi connectivity index (χ1n) is 10.7. The minimum absolute atomic E-state index is 0.0595. The van der Waals surface area contributed by atoms with Gasteiger partial charge < -0.3 is 9.80 Å². The normalized spacial score (nSPS) is 14.2. The van der Waals surface area contributed by atoms with Crippen LogP contribution >= 0.6 is 23.2 Å². The summed E-state index contributed by atoms with van der Waals surface area (Å²) in [6, 6.07) is 13.2. The van der Waals surface area contributed by atoms with Crippen LogP contribution in [-0.2, 0) is 0 Å². The number of benzene rings is 2. The van der Waals surface area contributed by atoms with E-state index in [1.165, 1.54) is 5.56 Å². The number of aryl methyl sites for hydroxylation is 2. The van der Waals surface area contributed by atoms with Crippen molar-refractivity contribution in [2.75, 3.05) is 31.1 Å². The Morgan fingerprint density at radius 3 is 2.42 bits per heavy atom. The van der Waals surface area contributed by atoms with Gasteiger partial charge in [0.2, 0.25) is 5.95 Å². The smallest absolute Gasteiger partial charge is 0.254 e. The Morgan fingerprint density at radius 1 is 0.909 bits per heavy atom. The highest BCUT2D eigenvalue weighted by Crippen LogP contribution is 2.29. The maximum absolute atomic E-state index is 12.9. The number of anilines is 1. The third kappa shape index (κ3) is 4.14. The second-order valence-electron chi connectivity index (χ2n) is 8.16. The molecule has 0 N–H and O–H groups in total. The number of aromatic nitrogens is 4. The zero-order chi connectivity index (χ0) is 23.1. The molecule has 1 saturated heterocycles. The van der Waals surface area contributed by atoms with E-state index in [-0.39, 0.29) is 5.91 Å². The molecule has 2 aromatic carbocycles. The fourth-order valence-corrected chi connectivity index (χ4v) is 4.26. The Kier molecular flexibility index (Phi) is 5.68. The van der Waals surface area contributed by atoms with E-state index in [0.29, 0.717) is 48.0 Å². The first-order chi connectivity index (χ1) is 15.9. The van der Waals surface area contributed by atoms with Gasteiger partial charge in [-0.25, -0.2) is 4.98 Å². The molecule has 0 bridgehead atoms. The van der Waals surface area contributed by atoms with Crippen molar-refractivity contribution >= 4 is 40.8 Å². The van der Waals surface area contributed by atoms with Crippen molar-refractivity contribution in [1.82, 2.24) is 24.5 Å². The summed E-state index contributed by atoms with van der Waals surface area (Å²) in [5.41, 5.74) is 4.73. The third-order valence-electron chi connectivity index (χ3n) is 6.05. The van der Waals surface area contributed by atoms with Crippen molar-refractivity contribution in [3.05, 3.63) is 75.4 Å². The fraction of sp³-hybridized carbons (Fsp3) is 0.250. The summed E-state index contributed by atoms with van der Waals surface area (Å²) in [5.74, 6) is 1.15. The molecule has 0 spiro atoms. The number of carbonyl (C=O) groups is 1. The molecule has 5 rings (SSSR count). The average Bonchev–Trinajstić information content (AvgIpc) is 3.27. The Labute approximate surface area is 201 Å². The van der Waals surface area contributed by atoms with E-state index in [0.717, 1.165) is 22.4 Å². The molecule has 7 nitrogen and oxygen atoms in total. The Hall–Kier alpha value is -3.16. The SMILES string of the molecule is Cc1ccc(C(=O)N2CCN(c3nc4nccc(-c5ccc(Cl)c(Cl)c5)n4n3)CC2)cc1C. The number of halogens is 2. The van der Waals surface area contributed by atoms with Gasteiger partial charge in [-0.05, 0) is 55.3 Å². The van der Waals surface area contributed by atoms with Gasteiger partial charge in [-0.2, -0.15) is 9.50 Å². The molecule has 1 aliphatic rings. The summed E-state index contributed by atoms with van der Waals surface area (Å²) in [6.45, 7) is 6.58. The summed E-state index contributed by atoms with van der Waals surface area (Å²) in [5, 5.41) is 5.68. The monoisotopic (exact) mass is 480 g/mol. The molecular formula is C24H22Cl2N6O. The van der Waals surface area contributed by atoms with Gasteiger partial charge in [0.05, 0.1) is 15.7 Å². The first kappa shape index (κ1) is 21.7. The van der Waals surface area contributed by atoms with Gasteiger partial charge in [0.1, 0.15) is 0 Å². The van der Waals surface area contributed by atoms with E-state index in [1.54, 1.807) is 22.8 Å². The maximum atomic E-state index is 12.9. The van der Waals surface area contributed by atoms with Crippen LogP contribution in [0.2, 0.25) is 10.0 Å². The molecule has 0 unspecified atom stereocenters. The molecule has 1 amide bonds. The second-order valence-corrected chi connectivity index (χ2v) is 8.98. The lowest BCUT2D eigenvalue weighted by molar-refractivity contribution is 0.0746. The van der Waals surface area contributed by atoms with E-state index in [1.807, 2.05) is 49.1 Å². The van der Waals surface area contributed by atoms with Gasteiger partial charge in [-0.1, -0.05) is 35.3 Å². The van der Waals surface area contributed by atoms with Crippen molar-refractivity contribution in [1.29, 1.82) is 0 Å². The molecule has 0 atom stereocenters. The lowest BCUT2D eigenvalue weighted by Gasteiger charge is -2.34. The number of piperazine rings is 1. The minimum atomic E-state index is 0.0595. The predicted molar refractivity (Wildman–Crippen MR) is 130 cm³/mol. The number of hydrogen-bond acceptors (Lipinski definition) is 5. The predicted octanol–water partition coefficient (Wildman–Crippen LogP) is 4.68. The van der Waals surface area contributed by atoms with Crippen LogP contribution in [0.5, 0.6) is 0 Å². The highest BCUT2D eigenvalue weighted by molar-refractivity contribution is 6.42. The molecule has 1 aliphatic heterocycles. The molecule has 4 aromatic rings. The van der Waals surface area contributed by atoms with Crippen LogP contribution in [0.4, 0.5) is 5.95 Å². The molecule has 1 fully saturated rings. The number of fused-ring (bicyclic) bond motifs is 1. The van der Waals surface area contributed by atoms with Crippen LogP contribution in [0.3, 0.4) is 0 Å². The molecule has 9 heteroatoms. The number of carbonyl (C=O) groups excluding carboxylic acids is 1. The summed E-state index contributed by atoms with van der Waals surface area (Å²) in [4.78, 5) is 25.9. The van der Waals surface area contributed by atoms with Crippen LogP contribution in [-0.4, -0.2) is 56.6 Å². The molecule has 3 heterocycles. The van der Waals surface area contributed by atoms with Crippen molar-refractivity contribution in [3.8, 4) is 11.3 Å². The average molecular weight is 481 g/mol. The Morgan fingerprint density at radius 2 is 1.70 bits per heavy atom. The maximum Gasteiger partial charge on any atom is 0.254 e. The summed E-state index contributed by atoms with van der Waals surface area (Å²) >= 11 is 12.3. The largest absolute Gasteiger partial charge is 0.336 e. The number of nitrogens with zero attached hydrogens (tertiary/aromatic N) is 6. The van der Waals surface area contributed by atoms with Gasteiger partial charge in [-0.15, -0.1) is 5.10 Å². The van der Waals surface area contributed by atoms with Crippen molar-refractivity contribution < 1.29 is 4.79 Å². The molecule has 168 valence electrons. The van der Waals surface area contributed by atoms with Crippen LogP contribution < -0.4 is 4.90 Å². The fourth-order valence-electron chi connectivity index (χ4n) is 3.96. The Bertz CT molecular complexity index is 1360. The third-order valence-corrected chi connectivity index (χ3v) is 6.79. The zero-order valence-corrected chi connectivity index (χ0v) is 19.8. The van der Waals surface area contributed by atoms with Gasteiger partial charge in [0.25, 0.3) is 11.7 Å². The summed E-state index contributed by atoms with van der Waals surface area (Å²) in [6.07, 6.45) is 1.70. The summed E-state index contributed by atoms with van der Waals surface area (Å²) < 4.78 is 1.71. The molecule has 0 aliphatic carbocycles. The van der Waals surface area contributed by atoms with Crippen LogP contribution in [0.15, 0.2) is 48.7 Å². The zero-order valence-electron chi connectivity index (χ0n) is 18.3. The number of hydrogen-bond donors (Lipinski definition) is 0. The lowest BCUT2D eigenvalue weighted by Crippen LogP contribution is -2.49. The highest BCUT2D eigenvalue weighted by Gasteiger charge is 2.25. The van der Waals surface area contributed by atoms with Crippen molar-refractivity contribution in [2.45, 2.75) is 13.8 Å². The quantitative estimate of drug-likeness (QED) is 0.425. The van der Waals surface area contributed by atoms with Crippen LogP contribution in [0, 0.1) is 13.8 Å². The molecular weight excluding hydrogens is 459 g/mol.